The molecule has 0 atom stereocenters. The van der Waals surface area contributed by atoms with Crippen molar-refractivity contribution in [3.05, 3.63) is 18.4 Å². The van der Waals surface area contributed by atoms with Crippen LogP contribution in [0, 0.1) is 5.75 Å². The Kier molecular flexibility index (Phi) is 16.1. The number of rotatable bonds is 3. The van der Waals surface area contributed by atoms with Gasteiger partial charge in [-0.15, -0.1) is 0 Å². The van der Waals surface area contributed by atoms with Crippen LogP contribution in [-0.4, -0.2) is 24.0 Å². The Labute approximate surface area is 120 Å². The quantitative estimate of drug-likeness (QED) is 0.248. The minimum absolute atomic E-state index is 0. The first kappa shape index (κ1) is 19.3. The Hall–Kier alpha value is 0.756. The molecule has 0 saturated heterocycles. The van der Waals surface area contributed by atoms with Gasteiger partial charge in [0.05, 0.1) is 0 Å². The smallest absolute Gasteiger partial charge is 0.478 e. The average Bonchev–Trinajstić information content (AvgIpc) is 1.86. The van der Waals surface area contributed by atoms with Gasteiger partial charge in [0.2, 0.25) is 0 Å². The number of hydrogen-bond donors (Lipinski definition) is 2. The van der Waals surface area contributed by atoms with E-state index < -0.39 is 16.1 Å². The summed E-state index contributed by atoms with van der Waals surface area (Å²) in [5, 5.41) is 7.60. The topological polar surface area (TPSA) is 91.7 Å². The molecule has 0 radical (unpaired) electrons. The van der Waals surface area contributed by atoms with Crippen LogP contribution in [0.25, 0.3) is 0 Å². The molecule has 0 unspecified atom stereocenters. The molecule has 0 rings (SSSR count). The van der Waals surface area contributed by atoms with Crippen LogP contribution < -0.4 is 51.4 Å². The molecule has 0 saturated carbocycles. The van der Waals surface area contributed by atoms with Crippen molar-refractivity contribution >= 4 is 16.1 Å². The Bertz CT molecular complexity index is 233. The molecule has 0 amide bonds. The summed E-state index contributed by atoms with van der Waals surface area (Å²) in [4.78, 5) is 9.25. The Morgan fingerprint density at radius 1 is 1.62 bits per heavy atom. The first-order valence-corrected chi connectivity index (χ1v) is 4.49. The van der Waals surface area contributed by atoms with Gasteiger partial charge in [0.25, 0.3) is 0 Å². The fourth-order valence-electron chi connectivity index (χ4n) is 0.211. The number of carboxylic acid groups (broad SMARTS) is 1. The number of aliphatic carboxylic acids is 1. The summed E-state index contributed by atoms with van der Waals surface area (Å²) in [7, 11) is -3.80. The molecule has 13 heavy (non-hydrogen) atoms. The molecule has 0 aromatic rings. The van der Waals surface area contributed by atoms with Gasteiger partial charge in [0.15, 0.2) is 0 Å². The number of carboxylic acids is 1. The predicted octanol–water partition coefficient (Wildman–Crippen LogP) is -2.29. The van der Waals surface area contributed by atoms with Gasteiger partial charge in [-0.3, -0.25) is 0 Å². The van der Waals surface area contributed by atoms with Gasteiger partial charge in [-0.05, 0) is 0 Å². The molecular formula is C6H11KO5S. The van der Waals surface area contributed by atoms with Crippen LogP contribution in [0.2, 0.25) is 0 Å². The summed E-state index contributed by atoms with van der Waals surface area (Å²) < 4.78 is 27.4. The monoisotopic (exact) mass is 234 g/mol. The van der Waals surface area contributed by atoms with Crippen molar-refractivity contribution in [3.8, 4) is 0 Å². The standard InChI is InChI=1S/C3H7O3S.C3H4O2.K/c1-2-3-7(4,5)6;1-2-3(4)5;/h3H,2H2,1H3,(H,4,5,6);2H,1H2,(H,4,5);/q-1;;+1. The van der Waals surface area contributed by atoms with Crippen molar-refractivity contribution in [2.75, 3.05) is 0 Å². The molecule has 0 aromatic carbocycles. The molecule has 7 heteroatoms. The van der Waals surface area contributed by atoms with Crippen LogP contribution in [0.5, 0.6) is 0 Å². The van der Waals surface area contributed by atoms with Crippen LogP contribution in [0.4, 0.5) is 0 Å². The largest absolute Gasteiger partial charge is 1.00 e. The van der Waals surface area contributed by atoms with Crippen molar-refractivity contribution in [3.63, 3.8) is 0 Å². The summed E-state index contributed by atoms with van der Waals surface area (Å²) in [5.74, 6) is -0.141. The van der Waals surface area contributed by atoms with Crippen molar-refractivity contribution in [2.24, 2.45) is 0 Å². The average molecular weight is 234 g/mol. The van der Waals surface area contributed by atoms with Gasteiger partial charge in [0, 0.05) is 6.08 Å². The minimum Gasteiger partial charge on any atom is -0.478 e. The van der Waals surface area contributed by atoms with E-state index in [0.717, 1.165) is 11.8 Å². The third kappa shape index (κ3) is 32.3. The fraction of sp³-hybridized carbons (Fsp3) is 0.333. The van der Waals surface area contributed by atoms with Crippen LogP contribution in [0.1, 0.15) is 13.3 Å². The number of carbonyl (C=O) groups is 1. The summed E-state index contributed by atoms with van der Waals surface area (Å²) >= 11 is 0. The Morgan fingerprint density at radius 2 is 1.92 bits per heavy atom. The normalized spacial score (nSPS) is 8.77. The van der Waals surface area contributed by atoms with E-state index >= 15 is 0 Å². The van der Waals surface area contributed by atoms with Gasteiger partial charge in [-0.25, -0.2) is 13.2 Å². The molecule has 0 aromatic heterocycles. The van der Waals surface area contributed by atoms with E-state index in [-0.39, 0.29) is 51.4 Å². The molecule has 0 heterocycles. The molecule has 0 spiro atoms. The molecule has 0 aliphatic heterocycles. The van der Waals surface area contributed by atoms with Gasteiger partial charge in [-0.2, -0.15) is 12.2 Å². The fourth-order valence-corrected chi connectivity index (χ4v) is 0.632. The Morgan fingerprint density at radius 3 is 1.92 bits per heavy atom. The maximum absolute atomic E-state index is 9.73. The zero-order valence-corrected chi connectivity index (χ0v) is 11.5. The van der Waals surface area contributed by atoms with E-state index in [1.54, 1.807) is 6.92 Å². The first-order valence-electron chi connectivity index (χ1n) is 2.99. The molecule has 72 valence electrons. The van der Waals surface area contributed by atoms with E-state index in [1.165, 1.54) is 0 Å². The maximum atomic E-state index is 9.73. The minimum atomic E-state index is -3.80. The van der Waals surface area contributed by atoms with Crippen molar-refractivity contribution in [1.82, 2.24) is 0 Å². The molecule has 2 N–H and O–H groups in total. The van der Waals surface area contributed by atoms with Crippen molar-refractivity contribution < 1.29 is 74.3 Å². The zero-order valence-electron chi connectivity index (χ0n) is 7.60. The van der Waals surface area contributed by atoms with Crippen LogP contribution in [-0.2, 0) is 14.9 Å². The first-order chi connectivity index (χ1) is 5.33. The molecular weight excluding hydrogens is 223 g/mol. The van der Waals surface area contributed by atoms with Crippen molar-refractivity contribution in [1.29, 1.82) is 0 Å². The second kappa shape index (κ2) is 10.8. The van der Waals surface area contributed by atoms with E-state index in [0.29, 0.717) is 6.42 Å². The second-order valence-electron chi connectivity index (χ2n) is 1.63. The van der Waals surface area contributed by atoms with Gasteiger partial charge in [0.1, 0.15) is 10.1 Å². The van der Waals surface area contributed by atoms with Gasteiger partial charge in [-0.1, -0.05) is 13.5 Å². The number of hydrogen-bond acceptors (Lipinski definition) is 3. The third-order valence-corrected chi connectivity index (χ3v) is 1.31. The summed E-state index contributed by atoms with van der Waals surface area (Å²) in [6.45, 7) is 4.59. The predicted molar refractivity (Wildman–Crippen MR) is 44.0 cm³/mol. The third-order valence-electron chi connectivity index (χ3n) is 0.552. The molecule has 0 fully saturated rings. The van der Waals surface area contributed by atoms with Crippen LogP contribution in [0.3, 0.4) is 0 Å². The molecule has 5 nitrogen and oxygen atoms in total. The molecule has 0 aliphatic rings. The SMILES string of the molecule is C=CC(=O)O.CC[CH-]S(=O)(=O)O.[K+]. The van der Waals surface area contributed by atoms with E-state index in [4.69, 9.17) is 9.66 Å². The van der Waals surface area contributed by atoms with Crippen LogP contribution >= 0.6 is 0 Å². The van der Waals surface area contributed by atoms with Crippen molar-refractivity contribution in [2.45, 2.75) is 13.3 Å². The van der Waals surface area contributed by atoms with Crippen LogP contribution in [0.15, 0.2) is 12.7 Å². The second-order valence-corrected chi connectivity index (χ2v) is 3.00. The van der Waals surface area contributed by atoms with E-state index in [2.05, 4.69) is 6.58 Å². The van der Waals surface area contributed by atoms with Gasteiger partial charge < -0.3 is 9.66 Å². The van der Waals surface area contributed by atoms with E-state index in [9.17, 15) is 13.2 Å². The van der Waals surface area contributed by atoms with E-state index in [1.807, 2.05) is 0 Å². The molecule has 0 bridgehead atoms. The van der Waals surface area contributed by atoms with Gasteiger partial charge >= 0.3 is 57.4 Å². The molecule has 0 aliphatic carbocycles. The summed E-state index contributed by atoms with van der Waals surface area (Å²) in [5.41, 5.74) is 0. The zero-order chi connectivity index (χ0) is 10.2. The maximum Gasteiger partial charge on any atom is 1.00 e. The Balaban J connectivity index is -0.000000150. The summed E-state index contributed by atoms with van der Waals surface area (Å²) in [6, 6.07) is 0. The summed E-state index contributed by atoms with van der Waals surface area (Å²) in [6.07, 6.45) is 1.18.